The van der Waals surface area contributed by atoms with Gasteiger partial charge in [0.1, 0.15) is 6.10 Å². The molecule has 1 saturated heterocycles. The summed E-state index contributed by atoms with van der Waals surface area (Å²) in [5.74, 6) is 3.99. The molecule has 0 bridgehead atoms. The largest absolute Gasteiger partial charge is 0.387 e. The monoisotopic (exact) mass is 390 g/mol. The molecule has 8 nitrogen and oxygen atoms in total. The van der Waals surface area contributed by atoms with E-state index in [-0.39, 0.29) is 12.2 Å². The van der Waals surface area contributed by atoms with Gasteiger partial charge in [0.25, 0.3) is 11.8 Å². The minimum absolute atomic E-state index is 0.0131. The van der Waals surface area contributed by atoms with Gasteiger partial charge in [-0.1, -0.05) is 30.2 Å². The van der Waals surface area contributed by atoms with E-state index in [0.29, 0.717) is 22.2 Å². The Morgan fingerprint density at radius 2 is 2.03 bits per heavy atom. The highest BCUT2D eigenvalue weighted by Gasteiger charge is 2.50. The number of para-hydroxylation sites is 1. The number of hydrogen-bond donors (Lipinski definition) is 3. The average molecular weight is 390 g/mol. The molecule has 8 heteroatoms. The van der Waals surface area contributed by atoms with Gasteiger partial charge < -0.3 is 20.8 Å². The van der Waals surface area contributed by atoms with Gasteiger partial charge in [-0.05, 0) is 30.2 Å². The average Bonchev–Trinajstić information content (AvgIpc) is 3.19. The number of hydrogen-bond acceptors (Lipinski definition) is 5. The van der Waals surface area contributed by atoms with Crippen LogP contribution in [0.1, 0.15) is 16.1 Å². The summed E-state index contributed by atoms with van der Waals surface area (Å²) in [4.78, 5) is 25.1. The number of likely N-dealkylation sites (N-methyl/N-ethyl adjacent to an activating group) is 1. The van der Waals surface area contributed by atoms with Crippen LogP contribution in [0.2, 0.25) is 0 Å². The second kappa shape index (κ2) is 6.74. The van der Waals surface area contributed by atoms with E-state index in [4.69, 9.17) is 5.73 Å². The Morgan fingerprint density at radius 1 is 1.28 bits per heavy atom. The van der Waals surface area contributed by atoms with E-state index in [1.165, 1.54) is 11.9 Å². The molecule has 1 fully saturated rings. The van der Waals surface area contributed by atoms with Gasteiger partial charge in [0.05, 0.1) is 17.7 Å². The first kappa shape index (κ1) is 18.7. The third-order valence-corrected chi connectivity index (χ3v) is 4.91. The number of β-amino-alcohol motifs (C(OH)–C–C–N with tert-alkyl or cyclic N) is 1. The first-order valence-corrected chi connectivity index (χ1v) is 8.88. The molecule has 2 amide bonds. The number of fused-ring (bicyclic) bond motifs is 1. The summed E-state index contributed by atoms with van der Waals surface area (Å²) in [6, 6.07) is 14.1. The molecule has 146 valence electrons. The van der Waals surface area contributed by atoms with Crippen LogP contribution in [0, 0.1) is 11.8 Å². The lowest BCUT2D eigenvalue weighted by atomic mass is 10.00. The van der Waals surface area contributed by atoms with Gasteiger partial charge >= 0.3 is 0 Å². The van der Waals surface area contributed by atoms with Gasteiger partial charge in [0, 0.05) is 18.0 Å². The normalized spacial score (nSPS) is 21.3. The Morgan fingerprint density at radius 3 is 2.72 bits per heavy atom. The maximum absolute atomic E-state index is 12.1. The van der Waals surface area contributed by atoms with Crippen molar-refractivity contribution in [3.05, 3.63) is 59.8 Å². The molecule has 0 spiro atoms. The third-order valence-electron chi connectivity index (χ3n) is 4.91. The first-order valence-electron chi connectivity index (χ1n) is 8.88. The van der Waals surface area contributed by atoms with Crippen molar-refractivity contribution in [1.82, 2.24) is 14.7 Å². The van der Waals surface area contributed by atoms with Gasteiger partial charge in [-0.15, -0.1) is 0 Å². The van der Waals surface area contributed by atoms with Crippen LogP contribution in [0.15, 0.2) is 48.5 Å². The van der Waals surface area contributed by atoms with Gasteiger partial charge in [0.15, 0.2) is 5.69 Å². The highest BCUT2D eigenvalue weighted by molar-refractivity contribution is 6.04. The molecule has 29 heavy (non-hydrogen) atoms. The Balaban J connectivity index is 1.76. The van der Waals surface area contributed by atoms with Crippen LogP contribution in [0.5, 0.6) is 0 Å². The summed E-state index contributed by atoms with van der Waals surface area (Å²) in [7, 11) is 1.49. The minimum atomic E-state index is -2.14. The van der Waals surface area contributed by atoms with Gasteiger partial charge in [-0.25, -0.2) is 4.68 Å². The van der Waals surface area contributed by atoms with E-state index in [1.807, 2.05) is 12.1 Å². The summed E-state index contributed by atoms with van der Waals surface area (Å²) in [6.07, 6.45) is -1.29. The topological polar surface area (TPSA) is 122 Å². The fraction of sp³-hybridized carbons (Fsp3) is 0.190. The molecular formula is C21H18N4O4. The molecule has 1 aromatic heterocycles. The molecule has 0 radical (unpaired) electrons. The molecule has 2 aromatic carbocycles. The van der Waals surface area contributed by atoms with E-state index in [9.17, 15) is 19.8 Å². The van der Waals surface area contributed by atoms with Crippen molar-refractivity contribution >= 4 is 22.7 Å². The van der Waals surface area contributed by atoms with Crippen molar-refractivity contribution in [2.75, 3.05) is 13.6 Å². The Labute approximate surface area is 166 Å². The predicted octanol–water partition coefficient (Wildman–Crippen LogP) is 0.0399. The number of rotatable bonds is 2. The van der Waals surface area contributed by atoms with E-state index in [1.54, 1.807) is 41.1 Å². The highest BCUT2D eigenvalue weighted by Crippen LogP contribution is 2.24. The molecule has 1 aliphatic rings. The van der Waals surface area contributed by atoms with Gasteiger partial charge in [-0.2, -0.15) is 5.10 Å². The van der Waals surface area contributed by atoms with Crippen molar-refractivity contribution in [3.8, 4) is 17.5 Å². The molecular weight excluding hydrogens is 372 g/mol. The lowest BCUT2D eigenvalue weighted by molar-refractivity contribution is -0.140. The number of carbonyl (C=O) groups excluding carboxylic acids is 2. The summed E-state index contributed by atoms with van der Waals surface area (Å²) in [6.45, 7) is 0.0131. The molecule has 2 heterocycles. The zero-order chi connectivity index (χ0) is 20.8. The van der Waals surface area contributed by atoms with Gasteiger partial charge in [0.2, 0.25) is 5.60 Å². The molecule has 1 aliphatic heterocycles. The number of carbonyl (C=O) groups is 2. The zero-order valence-corrected chi connectivity index (χ0v) is 15.5. The quantitative estimate of drug-likeness (QED) is 0.534. The van der Waals surface area contributed by atoms with Crippen molar-refractivity contribution in [2.45, 2.75) is 11.7 Å². The predicted molar refractivity (Wildman–Crippen MR) is 105 cm³/mol. The van der Waals surface area contributed by atoms with Crippen molar-refractivity contribution in [1.29, 1.82) is 0 Å². The first-order chi connectivity index (χ1) is 13.8. The Hall–Kier alpha value is -3.67. The molecule has 4 N–H and O–H groups in total. The highest BCUT2D eigenvalue weighted by atomic mass is 16.4. The minimum Gasteiger partial charge on any atom is -0.387 e. The maximum Gasteiger partial charge on any atom is 0.269 e. The van der Waals surface area contributed by atoms with Crippen molar-refractivity contribution < 1.29 is 19.8 Å². The van der Waals surface area contributed by atoms with E-state index >= 15 is 0 Å². The van der Waals surface area contributed by atoms with Crippen LogP contribution in [0.4, 0.5) is 0 Å². The number of aliphatic hydroxyl groups excluding tert-OH is 1. The second-order valence-corrected chi connectivity index (χ2v) is 6.91. The molecule has 0 aliphatic carbocycles. The molecule has 3 aromatic rings. The van der Waals surface area contributed by atoms with Gasteiger partial charge in [-0.3, -0.25) is 9.59 Å². The van der Waals surface area contributed by atoms with Crippen LogP contribution in [-0.2, 0) is 4.79 Å². The van der Waals surface area contributed by atoms with Crippen LogP contribution in [0.3, 0.4) is 0 Å². The number of aliphatic hydroxyl groups is 2. The summed E-state index contributed by atoms with van der Waals surface area (Å²) in [5, 5.41) is 25.4. The smallest absolute Gasteiger partial charge is 0.269 e. The lowest BCUT2D eigenvalue weighted by Crippen LogP contribution is -2.44. The number of nitrogens with zero attached hydrogens (tertiary/aromatic N) is 3. The maximum atomic E-state index is 12.1. The molecule has 1 unspecified atom stereocenters. The standard InChI is InChI=1S/C21H18N4O4/c1-24-12-17(26)21(29,20(24)28)10-9-13-5-4-6-14(11-13)25-16-8-3-2-7-15(16)18(23-25)19(22)27/h2-8,11,17,26,29H,12H2,1H3,(H2,22,27)/t17-,21?/m0/s1. The third kappa shape index (κ3) is 3.02. The zero-order valence-electron chi connectivity index (χ0n) is 15.5. The summed E-state index contributed by atoms with van der Waals surface area (Å²) >= 11 is 0. The summed E-state index contributed by atoms with van der Waals surface area (Å²) < 4.78 is 1.58. The Kier molecular flexibility index (Phi) is 4.34. The fourth-order valence-electron chi connectivity index (χ4n) is 3.37. The van der Waals surface area contributed by atoms with E-state index in [0.717, 1.165) is 0 Å². The molecule has 4 rings (SSSR count). The van der Waals surface area contributed by atoms with Crippen molar-refractivity contribution in [3.63, 3.8) is 0 Å². The number of nitrogens with two attached hydrogens (primary N) is 1. The fourth-order valence-corrected chi connectivity index (χ4v) is 3.37. The van der Waals surface area contributed by atoms with E-state index in [2.05, 4.69) is 16.9 Å². The second-order valence-electron chi connectivity index (χ2n) is 6.91. The number of primary amides is 1. The number of amides is 2. The number of likely N-dealkylation sites (tertiary alicyclic amines) is 1. The van der Waals surface area contributed by atoms with Crippen LogP contribution in [0.25, 0.3) is 16.6 Å². The molecule has 0 saturated carbocycles. The number of aromatic nitrogens is 2. The van der Waals surface area contributed by atoms with E-state index < -0.39 is 23.5 Å². The van der Waals surface area contributed by atoms with Crippen LogP contribution < -0.4 is 5.73 Å². The van der Waals surface area contributed by atoms with Crippen LogP contribution in [-0.4, -0.2) is 62.0 Å². The Bertz CT molecular complexity index is 1210. The van der Waals surface area contributed by atoms with Crippen LogP contribution >= 0.6 is 0 Å². The number of benzene rings is 2. The molecule has 2 atom stereocenters. The lowest BCUT2D eigenvalue weighted by Gasteiger charge is -2.16. The SMILES string of the molecule is CN1C[C@H](O)C(O)(C#Cc2cccc(-n3nc(C(N)=O)c4ccccc43)c2)C1=O. The summed E-state index contributed by atoms with van der Waals surface area (Å²) in [5.41, 5.74) is 5.31. The van der Waals surface area contributed by atoms with Crippen molar-refractivity contribution in [2.24, 2.45) is 5.73 Å².